The highest BCUT2D eigenvalue weighted by atomic mass is 28.4. The Hall–Kier alpha value is -0.833. The van der Waals surface area contributed by atoms with Crippen LogP contribution < -0.4 is 0 Å². The number of carbonyl (C=O) groups is 1. The predicted molar refractivity (Wildman–Crippen MR) is 114 cm³/mol. The quantitative estimate of drug-likeness (QED) is 0.386. The van der Waals surface area contributed by atoms with Gasteiger partial charge in [0.2, 0.25) is 8.32 Å². The van der Waals surface area contributed by atoms with E-state index in [9.17, 15) is 4.79 Å². The summed E-state index contributed by atoms with van der Waals surface area (Å²) in [5.74, 6) is 0.958. The number of carbonyl (C=O) groups excluding carboxylic acids is 1. The minimum atomic E-state index is -1.87. The molecular formula is C23H40O2Si. The van der Waals surface area contributed by atoms with Gasteiger partial charge in [-0.05, 0) is 89.3 Å². The number of allylic oxidation sites excluding steroid dienone is 3. The van der Waals surface area contributed by atoms with Crippen molar-refractivity contribution >= 4 is 14.3 Å². The summed E-state index contributed by atoms with van der Waals surface area (Å²) in [7, 11) is -1.87. The second-order valence-electron chi connectivity index (χ2n) is 10.2. The van der Waals surface area contributed by atoms with Gasteiger partial charge in [0.1, 0.15) is 0 Å². The van der Waals surface area contributed by atoms with Crippen molar-refractivity contribution in [3.05, 3.63) is 23.8 Å². The molecule has 0 aliphatic heterocycles. The van der Waals surface area contributed by atoms with E-state index in [0.29, 0.717) is 11.8 Å². The second kappa shape index (κ2) is 7.65. The first-order chi connectivity index (χ1) is 11.9. The molecule has 0 radical (unpaired) electrons. The van der Waals surface area contributed by atoms with Crippen molar-refractivity contribution in [3.8, 4) is 0 Å². The van der Waals surface area contributed by atoms with Crippen LogP contribution in [0.5, 0.6) is 0 Å². The lowest BCUT2D eigenvalue weighted by atomic mass is 9.46. The highest BCUT2D eigenvalue weighted by molar-refractivity contribution is 6.71. The molecule has 0 saturated heterocycles. The molecule has 2 aliphatic carbocycles. The van der Waals surface area contributed by atoms with E-state index in [1.807, 2.05) is 0 Å². The van der Waals surface area contributed by atoms with Crippen LogP contribution in [-0.4, -0.2) is 14.3 Å². The average molecular weight is 377 g/mol. The van der Waals surface area contributed by atoms with Crippen LogP contribution >= 0.6 is 0 Å². The summed E-state index contributed by atoms with van der Waals surface area (Å²) >= 11 is 0. The Kier molecular flexibility index (Phi) is 6.32. The van der Waals surface area contributed by atoms with Crippen LogP contribution in [0, 0.1) is 22.7 Å². The van der Waals surface area contributed by atoms with Gasteiger partial charge in [-0.15, -0.1) is 0 Å². The van der Waals surface area contributed by atoms with E-state index in [4.69, 9.17) is 4.43 Å². The molecule has 0 aromatic heterocycles. The van der Waals surface area contributed by atoms with Crippen LogP contribution in [0.3, 0.4) is 0 Å². The molecule has 2 aliphatic rings. The fourth-order valence-corrected chi connectivity index (χ4v) is 6.28. The summed E-state index contributed by atoms with van der Waals surface area (Å²) in [6.07, 6.45) is 10.0. The topological polar surface area (TPSA) is 26.3 Å². The summed E-state index contributed by atoms with van der Waals surface area (Å²) in [6.45, 7) is 19.8. The third kappa shape index (κ3) is 4.18. The van der Waals surface area contributed by atoms with Gasteiger partial charge in [-0.2, -0.15) is 0 Å². The largest absolute Gasteiger partial charge is 0.519 e. The van der Waals surface area contributed by atoms with E-state index in [0.717, 1.165) is 38.5 Å². The van der Waals surface area contributed by atoms with Gasteiger partial charge in [-0.3, -0.25) is 4.79 Å². The Labute approximate surface area is 162 Å². The lowest BCUT2D eigenvalue weighted by Gasteiger charge is -2.57. The van der Waals surface area contributed by atoms with Crippen LogP contribution in [0.15, 0.2) is 23.8 Å². The second-order valence-corrected chi connectivity index (χ2v) is 14.6. The minimum absolute atomic E-state index is 0.0686. The molecule has 0 bridgehead atoms. The van der Waals surface area contributed by atoms with Crippen molar-refractivity contribution in [2.45, 2.75) is 92.3 Å². The highest BCUT2D eigenvalue weighted by Gasteiger charge is 2.57. The number of fused-ring (bicyclic) bond motifs is 1. The van der Waals surface area contributed by atoms with E-state index in [-0.39, 0.29) is 16.8 Å². The Morgan fingerprint density at radius 3 is 2.54 bits per heavy atom. The fourth-order valence-electron chi connectivity index (χ4n) is 5.49. The summed E-state index contributed by atoms with van der Waals surface area (Å²) < 4.78 is 6.02. The normalized spacial score (nSPS) is 35.8. The highest BCUT2D eigenvalue weighted by Crippen LogP contribution is 2.62. The third-order valence-corrected chi connectivity index (χ3v) is 7.94. The molecule has 3 heteroatoms. The average Bonchev–Trinajstić information content (AvgIpc) is 2.51. The summed E-state index contributed by atoms with van der Waals surface area (Å²) in [6, 6.07) is 0. The van der Waals surface area contributed by atoms with E-state index >= 15 is 0 Å². The molecule has 4 unspecified atom stereocenters. The van der Waals surface area contributed by atoms with E-state index in [2.05, 4.69) is 60.0 Å². The van der Waals surface area contributed by atoms with Crippen LogP contribution in [-0.2, 0) is 9.22 Å². The molecule has 2 saturated carbocycles. The van der Waals surface area contributed by atoms with Gasteiger partial charge in [0.15, 0.2) is 0 Å². The van der Waals surface area contributed by atoms with E-state index < -0.39 is 8.32 Å². The first-order valence-corrected chi connectivity index (χ1v) is 13.9. The summed E-state index contributed by atoms with van der Waals surface area (Å²) in [4.78, 5) is 13.2. The summed E-state index contributed by atoms with van der Waals surface area (Å²) in [5.41, 5.74) is 2.67. The molecule has 26 heavy (non-hydrogen) atoms. The standard InChI is InChI=1S/C23H40O2Si/c1-9-17(2)11-13-19-18(3)12-14-20-22(19,4)15-10-16-23(20,5)21(24)25-26(6,7)8/h11,19-20H,3,9-10,12-16H2,1-2,4-8H3. The fraction of sp³-hybridized carbons (Fsp3) is 0.783. The molecule has 2 fully saturated rings. The number of hydrogen-bond donors (Lipinski definition) is 0. The van der Waals surface area contributed by atoms with Gasteiger partial charge in [-0.25, -0.2) is 0 Å². The predicted octanol–water partition coefficient (Wildman–Crippen LogP) is 6.89. The molecule has 0 N–H and O–H groups in total. The zero-order valence-electron chi connectivity index (χ0n) is 18.2. The molecule has 0 aromatic rings. The Morgan fingerprint density at radius 1 is 1.31 bits per heavy atom. The third-order valence-electron chi connectivity index (χ3n) is 7.14. The maximum atomic E-state index is 13.2. The maximum absolute atomic E-state index is 13.2. The first-order valence-electron chi connectivity index (χ1n) is 10.5. The molecule has 4 atom stereocenters. The van der Waals surface area contributed by atoms with Crippen LogP contribution in [0.4, 0.5) is 0 Å². The van der Waals surface area contributed by atoms with E-state index in [1.54, 1.807) is 0 Å². The van der Waals surface area contributed by atoms with E-state index in [1.165, 1.54) is 17.6 Å². The number of hydrogen-bond acceptors (Lipinski definition) is 2. The van der Waals surface area contributed by atoms with Crippen molar-refractivity contribution in [1.29, 1.82) is 0 Å². The molecule has 0 amide bonds. The number of rotatable bonds is 5. The van der Waals surface area contributed by atoms with Crippen molar-refractivity contribution < 1.29 is 9.22 Å². The van der Waals surface area contributed by atoms with Gasteiger partial charge in [0, 0.05) is 0 Å². The first kappa shape index (κ1) is 21.5. The Bertz CT molecular complexity index is 586. The van der Waals surface area contributed by atoms with Crippen molar-refractivity contribution in [2.75, 3.05) is 0 Å². The van der Waals surface area contributed by atoms with Gasteiger partial charge < -0.3 is 4.43 Å². The Balaban J connectivity index is 2.34. The molecule has 2 rings (SSSR count). The maximum Gasteiger partial charge on any atom is 0.298 e. The smallest absolute Gasteiger partial charge is 0.298 e. The molecular weight excluding hydrogens is 336 g/mol. The van der Waals surface area contributed by atoms with Crippen molar-refractivity contribution in [3.63, 3.8) is 0 Å². The van der Waals surface area contributed by atoms with Crippen molar-refractivity contribution in [2.24, 2.45) is 22.7 Å². The van der Waals surface area contributed by atoms with Gasteiger partial charge >= 0.3 is 0 Å². The SMILES string of the molecule is C=C1CCC2C(C)(C(=O)O[Si](C)(C)C)CCCC2(C)C1CC=C(C)CC. The molecule has 2 nitrogen and oxygen atoms in total. The van der Waals surface area contributed by atoms with Gasteiger partial charge in [0.05, 0.1) is 5.41 Å². The van der Waals surface area contributed by atoms with Gasteiger partial charge in [0.25, 0.3) is 5.97 Å². The molecule has 148 valence electrons. The van der Waals surface area contributed by atoms with Crippen molar-refractivity contribution in [1.82, 2.24) is 0 Å². The minimum Gasteiger partial charge on any atom is -0.519 e. The lowest BCUT2D eigenvalue weighted by Crippen LogP contribution is -2.54. The lowest BCUT2D eigenvalue weighted by molar-refractivity contribution is -0.161. The summed E-state index contributed by atoms with van der Waals surface area (Å²) in [5, 5.41) is 0. The molecule has 0 spiro atoms. The van der Waals surface area contributed by atoms with Crippen LogP contribution in [0.1, 0.15) is 72.6 Å². The monoisotopic (exact) mass is 376 g/mol. The zero-order valence-corrected chi connectivity index (χ0v) is 19.2. The van der Waals surface area contributed by atoms with Crippen LogP contribution in [0.2, 0.25) is 19.6 Å². The molecule has 0 aromatic carbocycles. The zero-order chi connectivity index (χ0) is 19.8. The Morgan fingerprint density at radius 2 is 1.96 bits per heavy atom. The van der Waals surface area contributed by atoms with Crippen LogP contribution in [0.25, 0.3) is 0 Å². The van der Waals surface area contributed by atoms with Gasteiger partial charge in [-0.1, -0.05) is 44.1 Å². The molecule has 0 heterocycles.